The predicted molar refractivity (Wildman–Crippen MR) is 116 cm³/mol. The summed E-state index contributed by atoms with van der Waals surface area (Å²) in [5, 5.41) is 0. The van der Waals surface area contributed by atoms with Gasteiger partial charge < -0.3 is 9.88 Å². The topological polar surface area (TPSA) is 73.5 Å². The fourth-order valence-corrected chi connectivity index (χ4v) is 6.13. The summed E-state index contributed by atoms with van der Waals surface area (Å²) in [6, 6.07) is 11.3. The van der Waals surface area contributed by atoms with Crippen LogP contribution in [0.25, 0.3) is 0 Å². The lowest BCUT2D eigenvalue weighted by Gasteiger charge is -2.34. The van der Waals surface area contributed by atoms with Gasteiger partial charge in [-0.25, -0.2) is 8.42 Å². The highest BCUT2D eigenvalue weighted by atomic mass is 32.2. The summed E-state index contributed by atoms with van der Waals surface area (Å²) < 4.78 is 27.6. The molecule has 3 heterocycles. The van der Waals surface area contributed by atoms with E-state index < -0.39 is 10.0 Å². The Balaban J connectivity index is 1.40. The smallest absolute Gasteiger partial charge is 0.243 e. The first-order chi connectivity index (χ1) is 14.4. The largest absolute Gasteiger partial charge is 0.363 e. The van der Waals surface area contributed by atoms with Gasteiger partial charge in [0.25, 0.3) is 0 Å². The minimum atomic E-state index is -3.52. The van der Waals surface area contributed by atoms with Crippen LogP contribution in [0.15, 0.2) is 47.5 Å². The first-order valence-corrected chi connectivity index (χ1v) is 12.4. The van der Waals surface area contributed by atoms with Crippen molar-refractivity contribution < 1.29 is 13.2 Å². The Bertz CT molecular complexity index is 960. The average molecular weight is 430 g/mol. The van der Waals surface area contributed by atoms with E-state index in [4.69, 9.17) is 0 Å². The zero-order valence-electron chi connectivity index (χ0n) is 17.8. The number of likely N-dealkylation sites (tertiary alicyclic amines) is 1. The van der Waals surface area contributed by atoms with Crippen LogP contribution in [-0.2, 0) is 14.8 Å². The molecular weight excluding hydrogens is 398 g/mol. The predicted octanol–water partition coefficient (Wildman–Crippen LogP) is 3.90. The zero-order valence-corrected chi connectivity index (χ0v) is 18.6. The number of carbonyl (C=O) groups excluding carboxylic acids is 1. The molecule has 0 bridgehead atoms. The summed E-state index contributed by atoms with van der Waals surface area (Å²) in [5.74, 6) is 0.435. The average Bonchev–Trinajstić information content (AvgIpc) is 3.45. The van der Waals surface area contributed by atoms with Crippen LogP contribution < -0.4 is 0 Å². The Labute approximate surface area is 179 Å². The highest BCUT2D eigenvalue weighted by molar-refractivity contribution is 7.89. The van der Waals surface area contributed by atoms with E-state index >= 15 is 0 Å². The van der Waals surface area contributed by atoms with E-state index in [9.17, 15) is 13.2 Å². The minimum absolute atomic E-state index is 0.102. The lowest BCUT2D eigenvalue weighted by atomic mass is 9.96. The van der Waals surface area contributed by atoms with Gasteiger partial charge in [-0.05, 0) is 61.4 Å². The fourth-order valence-electron chi connectivity index (χ4n) is 4.66. The molecule has 0 radical (unpaired) electrons. The number of sulfonamides is 1. The second kappa shape index (κ2) is 8.55. The number of benzene rings is 1. The molecule has 0 saturated carbocycles. The lowest BCUT2D eigenvalue weighted by molar-refractivity contribution is -0.137. The van der Waals surface area contributed by atoms with Crippen molar-refractivity contribution in [3.8, 4) is 0 Å². The minimum Gasteiger partial charge on any atom is -0.363 e. The van der Waals surface area contributed by atoms with Crippen molar-refractivity contribution in [1.82, 2.24) is 14.2 Å². The normalized spacial score (nSPS) is 21.4. The van der Waals surface area contributed by atoms with E-state index in [1.54, 1.807) is 12.1 Å². The molecule has 1 aromatic heterocycles. The third-order valence-electron chi connectivity index (χ3n) is 6.50. The Morgan fingerprint density at radius 3 is 2.33 bits per heavy atom. The Kier molecular flexibility index (Phi) is 6.02. The molecule has 0 spiro atoms. The van der Waals surface area contributed by atoms with Crippen molar-refractivity contribution in [1.29, 1.82) is 0 Å². The standard InChI is InChI=1S/C23H31N3O3S/c1-17(2)18-7-9-20(10-8-18)30(28,29)25-15-11-19(12-16-25)23(27)26-14-4-6-22(26)21-5-3-13-24-21/h3,5,7-10,13,17,19,22,24H,4,6,11-12,14-16H2,1-2H3. The molecule has 1 aromatic carbocycles. The van der Waals surface area contributed by atoms with E-state index in [-0.39, 0.29) is 17.9 Å². The third kappa shape index (κ3) is 4.05. The van der Waals surface area contributed by atoms with Crippen molar-refractivity contribution >= 4 is 15.9 Å². The number of nitrogens with zero attached hydrogens (tertiary/aromatic N) is 2. The van der Waals surface area contributed by atoms with Crippen LogP contribution in [0, 0.1) is 5.92 Å². The molecule has 2 aliphatic heterocycles. The van der Waals surface area contributed by atoms with Gasteiger partial charge in [-0.3, -0.25) is 4.79 Å². The highest BCUT2D eigenvalue weighted by Crippen LogP contribution is 2.34. The number of amides is 1. The molecule has 162 valence electrons. The molecule has 2 saturated heterocycles. The van der Waals surface area contributed by atoms with Gasteiger partial charge in [0.1, 0.15) is 0 Å². The van der Waals surface area contributed by atoms with Gasteiger partial charge in [-0.2, -0.15) is 4.31 Å². The number of rotatable bonds is 5. The molecule has 4 rings (SSSR count). The molecule has 2 fully saturated rings. The van der Waals surface area contributed by atoms with Crippen LogP contribution in [0.5, 0.6) is 0 Å². The number of carbonyl (C=O) groups is 1. The molecule has 1 atom stereocenters. The number of hydrogen-bond acceptors (Lipinski definition) is 3. The van der Waals surface area contributed by atoms with Crippen molar-refractivity contribution in [3.63, 3.8) is 0 Å². The molecule has 1 N–H and O–H groups in total. The number of aromatic amines is 1. The molecule has 2 aromatic rings. The first-order valence-electron chi connectivity index (χ1n) is 10.9. The van der Waals surface area contributed by atoms with Crippen LogP contribution in [0.1, 0.15) is 62.7 Å². The summed E-state index contributed by atoms with van der Waals surface area (Å²) in [7, 11) is -3.52. The summed E-state index contributed by atoms with van der Waals surface area (Å²) in [6.45, 7) is 5.75. The number of H-pyrrole nitrogens is 1. The maximum atomic E-state index is 13.2. The van der Waals surface area contributed by atoms with Crippen LogP contribution >= 0.6 is 0 Å². The van der Waals surface area contributed by atoms with E-state index in [0.29, 0.717) is 36.7 Å². The fraction of sp³-hybridized carbons (Fsp3) is 0.522. The quantitative estimate of drug-likeness (QED) is 0.783. The number of piperidine rings is 1. The molecular formula is C23H31N3O3S. The summed E-state index contributed by atoms with van der Waals surface area (Å²) in [6.07, 6.45) is 5.04. The second-order valence-electron chi connectivity index (χ2n) is 8.72. The second-order valence-corrected chi connectivity index (χ2v) is 10.7. The van der Waals surface area contributed by atoms with Crippen LogP contribution in [0.3, 0.4) is 0 Å². The molecule has 2 aliphatic rings. The van der Waals surface area contributed by atoms with Crippen LogP contribution in [0.2, 0.25) is 0 Å². The van der Waals surface area contributed by atoms with E-state index in [1.807, 2.05) is 35.4 Å². The van der Waals surface area contributed by atoms with Gasteiger partial charge in [0.15, 0.2) is 0 Å². The van der Waals surface area contributed by atoms with Gasteiger partial charge in [0, 0.05) is 37.4 Å². The van der Waals surface area contributed by atoms with Crippen molar-refractivity contribution in [2.75, 3.05) is 19.6 Å². The van der Waals surface area contributed by atoms with E-state index in [0.717, 1.165) is 30.6 Å². The zero-order chi connectivity index (χ0) is 21.3. The molecule has 30 heavy (non-hydrogen) atoms. The van der Waals surface area contributed by atoms with Gasteiger partial charge in [-0.15, -0.1) is 0 Å². The molecule has 1 unspecified atom stereocenters. The van der Waals surface area contributed by atoms with E-state index in [1.165, 1.54) is 4.31 Å². The SMILES string of the molecule is CC(C)c1ccc(S(=O)(=O)N2CCC(C(=O)N3CCCC3c3ccc[nH]3)CC2)cc1. The van der Waals surface area contributed by atoms with Gasteiger partial charge >= 0.3 is 0 Å². The van der Waals surface area contributed by atoms with Crippen molar-refractivity contribution in [2.45, 2.75) is 56.4 Å². The van der Waals surface area contributed by atoms with E-state index in [2.05, 4.69) is 18.8 Å². The highest BCUT2D eigenvalue weighted by Gasteiger charge is 2.37. The maximum Gasteiger partial charge on any atom is 0.243 e. The van der Waals surface area contributed by atoms with Gasteiger partial charge in [-0.1, -0.05) is 26.0 Å². The van der Waals surface area contributed by atoms with Crippen LogP contribution in [-0.4, -0.2) is 48.1 Å². The van der Waals surface area contributed by atoms with Crippen molar-refractivity contribution in [2.24, 2.45) is 5.92 Å². The van der Waals surface area contributed by atoms with Crippen molar-refractivity contribution in [3.05, 3.63) is 53.9 Å². The Hall–Kier alpha value is -2.12. The van der Waals surface area contributed by atoms with Gasteiger partial charge in [0.05, 0.1) is 10.9 Å². The molecule has 7 heteroatoms. The third-order valence-corrected chi connectivity index (χ3v) is 8.42. The summed E-state index contributed by atoms with van der Waals surface area (Å²) in [4.78, 5) is 18.7. The Morgan fingerprint density at radius 1 is 1.03 bits per heavy atom. The van der Waals surface area contributed by atoms with Crippen LogP contribution in [0.4, 0.5) is 0 Å². The number of nitrogens with one attached hydrogen (secondary N) is 1. The van der Waals surface area contributed by atoms with Gasteiger partial charge in [0.2, 0.25) is 15.9 Å². The molecule has 6 nitrogen and oxygen atoms in total. The summed E-state index contributed by atoms with van der Waals surface area (Å²) in [5.41, 5.74) is 2.21. The number of aromatic nitrogens is 1. The molecule has 1 amide bonds. The number of hydrogen-bond donors (Lipinski definition) is 1. The molecule has 0 aliphatic carbocycles. The summed E-state index contributed by atoms with van der Waals surface area (Å²) >= 11 is 0. The lowest BCUT2D eigenvalue weighted by Crippen LogP contribution is -2.44. The maximum absolute atomic E-state index is 13.2. The first kappa shape index (κ1) is 21.1. The Morgan fingerprint density at radius 2 is 1.73 bits per heavy atom. The monoisotopic (exact) mass is 429 g/mol.